The molecular weight excluding hydrogens is 295 g/mol. The van der Waals surface area contributed by atoms with E-state index in [1.807, 2.05) is 19.9 Å². The number of nitrogens with zero attached hydrogens (tertiary/aromatic N) is 1. The van der Waals surface area contributed by atoms with Crippen molar-refractivity contribution in [1.29, 1.82) is 0 Å². The summed E-state index contributed by atoms with van der Waals surface area (Å²) in [7, 11) is 0. The van der Waals surface area contributed by atoms with Crippen LogP contribution in [0.5, 0.6) is 0 Å². The van der Waals surface area contributed by atoms with Gasteiger partial charge in [0.05, 0.1) is 17.8 Å². The van der Waals surface area contributed by atoms with Crippen molar-refractivity contribution in [3.63, 3.8) is 0 Å². The first-order valence-corrected chi connectivity index (χ1v) is 7.42. The molecule has 1 aliphatic rings. The Kier molecular flexibility index (Phi) is 3.86. The molecule has 0 aromatic heterocycles. The van der Waals surface area contributed by atoms with E-state index >= 15 is 0 Å². The van der Waals surface area contributed by atoms with Gasteiger partial charge in [-0.2, -0.15) is 0 Å². The van der Waals surface area contributed by atoms with Crippen LogP contribution in [0.1, 0.15) is 17.5 Å². The van der Waals surface area contributed by atoms with Crippen molar-refractivity contribution in [2.24, 2.45) is 0 Å². The minimum atomic E-state index is -0.750. The van der Waals surface area contributed by atoms with E-state index in [2.05, 4.69) is 5.32 Å². The van der Waals surface area contributed by atoms with Crippen LogP contribution in [0, 0.1) is 19.7 Å². The fraction of sp³-hybridized carbons (Fsp3) is 0.222. The molecule has 1 saturated heterocycles. The Morgan fingerprint density at radius 2 is 1.74 bits per heavy atom. The predicted molar refractivity (Wildman–Crippen MR) is 86.8 cm³/mol. The number of amides is 2. The summed E-state index contributed by atoms with van der Waals surface area (Å²) in [4.78, 5) is 26.0. The topological polar surface area (TPSA) is 49.4 Å². The molecule has 0 bridgehead atoms. The first kappa shape index (κ1) is 15.2. The molecule has 2 aromatic carbocycles. The summed E-state index contributed by atoms with van der Waals surface area (Å²) in [6, 6.07) is 10.9. The fourth-order valence-electron chi connectivity index (χ4n) is 2.86. The van der Waals surface area contributed by atoms with Crippen LogP contribution in [-0.2, 0) is 9.59 Å². The molecule has 2 amide bonds. The van der Waals surface area contributed by atoms with Crippen LogP contribution in [0.15, 0.2) is 42.5 Å². The molecule has 0 spiro atoms. The Balaban J connectivity index is 1.87. The molecule has 3 rings (SSSR count). The Morgan fingerprint density at radius 1 is 1.09 bits per heavy atom. The average molecular weight is 312 g/mol. The zero-order chi connectivity index (χ0) is 16.6. The molecule has 23 heavy (non-hydrogen) atoms. The number of carbonyl (C=O) groups is 2. The first-order chi connectivity index (χ1) is 11.0. The molecule has 2 aromatic rings. The molecule has 0 saturated carbocycles. The van der Waals surface area contributed by atoms with E-state index in [0.29, 0.717) is 5.69 Å². The molecule has 4 nitrogen and oxygen atoms in total. The molecule has 1 unspecified atom stereocenters. The maximum absolute atomic E-state index is 13.7. The van der Waals surface area contributed by atoms with Crippen molar-refractivity contribution in [2.45, 2.75) is 26.3 Å². The highest BCUT2D eigenvalue weighted by Crippen LogP contribution is 2.27. The zero-order valence-corrected chi connectivity index (χ0v) is 13.0. The van der Waals surface area contributed by atoms with Crippen LogP contribution >= 0.6 is 0 Å². The second-order valence-electron chi connectivity index (χ2n) is 5.79. The van der Waals surface area contributed by atoms with Gasteiger partial charge in [0.15, 0.2) is 0 Å². The van der Waals surface area contributed by atoms with E-state index in [4.69, 9.17) is 0 Å². The Labute approximate surface area is 133 Å². The highest BCUT2D eigenvalue weighted by Gasteiger charge is 2.39. The van der Waals surface area contributed by atoms with Gasteiger partial charge >= 0.3 is 0 Å². The predicted octanol–water partition coefficient (Wildman–Crippen LogP) is 3.19. The summed E-state index contributed by atoms with van der Waals surface area (Å²) >= 11 is 0. The molecule has 0 aliphatic carbocycles. The Hall–Kier alpha value is -2.69. The minimum Gasteiger partial charge on any atom is -0.371 e. The number of carbonyl (C=O) groups excluding carboxylic acids is 2. The summed E-state index contributed by atoms with van der Waals surface area (Å²) in [6.07, 6.45) is 0.0140. The minimum absolute atomic E-state index is 0.0140. The number of rotatable bonds is 3. The molecule has 118 valence electrons. The lowest BCUT2D eigenvalue weighted by atomic mass is 10.1. The molecule has 1 fully saturated rings. The van der Waals surface area contributed by atoms with Crippen molar-refractivity contribution in [1.82, 2.24) is 0 Å². The highest BCUT2D eigenvalue weighted by molar-refractivity contribution is 6.23. The van der Waals surface area contributed by atoms with Gasteiger partial charge in [-0.25, -0.2) is 9.29 Å². The fourth-order valence-corrected chi connectivity index (χ4v) is 2.86. The van der Waals surface area contributed by atoms with Gasteiger partial charge in [0.25, 0.3) is 5.91 Å². The van der Waals surface area contributed by atoms with Crippen LogP contribution < -0.4 is 10.2 Å². The van der Waals surface area contributed by atoms with Crippen molar-refractivity contribution < 1.29 is 14.0 Å². The quantitative estimate of drug-likeness (QED) is 0.886. The molecule has 1 atom stereocenters. The molecule has 5 heteroatoms. The van der Waals surface area contributed by atoms with Crippen molar-refractivity contribution in [3.05, 3.63) is 59.4 Å². The zero-order valence-electron chi connectivity index (χ0n) is 13.0. The maximum atomic E-state index is 13.7. The summed E-state index contributed by atoms with van der Waals surface area (Å²) in [5.74, 6) is -1.09. The lowest BCUT2D eigenvalue weighted by Gasteiger charge is -2.17. The normalized spacial score (nSPS) is 17.7. The summed E-state index contributed by atoms with van der Waals surface area (Å²) in [5.41, 5.74) is 2.74. The van der Waals surface area contributed by atoms with Crippen LogP contribution in [0.2, 0.25) is 0 Å². The van der Waals surface area contributed by atoms with Crippen molar-refractivity contribution in [2.75, 3.05) is 10.2 Å². The van der Waals surface area contributed by atoms with Gasteiger partial charge in [-0.15, -0.1) is 0 Å². The monoisotopic (exact) mass is 312 g/mol. The molecule has 1 aliphatic heterocycles. The number of nitrogens with one attached hydrogen (secondary N) is 1. The average Bonchev–Trinajstić information content (AvgIpc) is 2.75. The van der Waals surface area contributed by atoms with Gasteiger partial charge in [0.1, 0.15) is 11.9 Å². The van der Waals surface area contributed by atoms with Gasteiger partial charge < -0.3 is 5.32 Å². The lowest BCUT2D eigenvalue weighted by molar-refractivity contribution is -0.121. The standard InChI is InChI=1S/C18H17FN2O2/c1-11-7-12(2)9-13(8-11)21-17(22)10-16(18(21)23)20-15-6-4-3-5-14(15)19/h3-9,16,20H,10H2,1-2H3. The largest absolute Gasteiger partial charge is 0.371 e. The summed E-state index contributed by atoms with van der Waals surface area (Å²) < 4.78 is 13.7. The van der Waals surface area contributed by atoms with Crippen molar-refractivity contribution in [3.8, 4) is 0 Å². The van der Waals surface area contributed by atoms with Crippen LogP contribution in [0.4, 0.5) is 15.8 Å². The maximum Gasteiger partial charge on any atom is 0.256 e. The first-order valence-electron chi connectivity index (χ1n) is 7.42. The second kappa shape index (κ2) is 5.83. The smallest absolute Gasteiger partial charge is 0.256 e. The van der Waals surface area contributed by atoms with E-state index in [1.54, 1.807) is 30.3 Å². The third kappa shape index (κ3) is 2.95. The van der Waals surface area contributed by atoms with Crippen LogP contribution in [0.25, 0.3) is 0 Å². The third-order valence-corrected chi connectivity index (χ3v) is 3.81. The van der Waals surface area contributed by atoms with Crippen LogP contribution in [0.3, 0.4) is 0 Å². The Bertz CT molecular complexity index is 768. The number of halogens is 1. The number of imide groups is 1. The molecule has 1 N–H and O–H groups in total. The van der Waals surface area contributed by atoms with Crippen LogP contribution in [-0.4, -0.2) is 17.9 Å². The van der Waals surface area contributed by atoms with E-state index in [9.17, 15) is 14.0 Å². The number of hydrogen-bond donors (Lipinski definition) is 1. The van der Waals surface area contributed by atoms with E-state index in [0.717, 1.165) is 11.1 Å². The summed E-state index contributed by atoms with van der Waals surface area (Å²) in [5, 5.41) is 2.83. The number of anilines is 2. The van der Waals surface area contributed by atoms with Gasteiger partial charge in [-0.1, -0.05) is 18.2 Å². The molecule has 0 radical (unpaired) electrons. The highest BCUT2D eigenvalue weighted by atomic mass is 19.1. The number of para-hydroxylation sites is 1. The third-order valence-electron chi connectivity index (χ3n) is 3.81. The molecule has 1 heterocycles. The lowest BCUT2D eigenvalue weighted by Crippen LogP contribution is -2.35. The molecular formula is C18H17FN2O2. The van der Waals surface area contributed by atoms with E-state index < -0.39 is 11.9 Å². The SMILES string of the molecule is Cc1cc(C)cc(N2C(=O)CC(Nc3ccccc3F)C2=O)c1. The van der Waals surface area contributed by atoms with Gasteiger partial charge in [0, 0.05) is 0 Å². The second-order valence-corrected chi connectivity index (χ2v) is 5.79. The van der Waals surface area contributed by atoms with E-state index in [1.165, 1.54) is 11.0 Å². The van der Waals surface area contributed by atoms with Crippen molar-refractivity contribution >= 4 is 23.2 Å². The number of aryl methyl sites for hydroxylation is 2. The Morgan fingerprint density at radius 3 is 2.39 bits per heavy atom. The van der Waals surface area contributed by atoms with Gasteiger partial charge in [0.2, 0.25) is 5.91 Å². The van der Waals surface area contributed by atoms with Gasteiger partial charge in [-0.05, 0) is 49.2 Å². The summed E-state index contributed by atoms with van der Waals surface area (Å²) in [6.45, 7) is 3.83. The van der Waals surface area contributed by atoms with Gasteiger partial charge in [-0.3, -0.25) is 9.59 Å². The number of benzene rings is 2. The van der Waals surface area contributed by atoms with E-state index in [-0.39, 0.29) is 23.9 Å². The number of hydrogen-bond acceptors (Lipinski definition) is 3.